The molecule has 0 saturated heterocycles. The van der Waals surface area contributed by atoms with Gasteiger partial charge in [-0.25, -0.2) is 0 Å². The van der Waals surface area contributed by atoms with Crippen molar-refractivity contribution in [2.45, 2.75) is 26.7 Å². The summed E-state index contributed by atoms with van der Waals surface area (Å²) in [5, 5.41) is 2.43. The molecule has 0 aliphatic heterocycles. The summed E-state index contributed by atoms with van der Waals surface area (Å²) in [5.41, 5.74) is 1.32. The van der Waals surface area contributed by atoms with Crippen LogP contribution in [0.15, 0.2) is 30.3 Å². The lowest BCUT2D eigenvalue weighted by atomic mass is 10.2. The maximum atomic E-state index is 10.5. The van der Waals surface area contributed by atoms with Gasteiger partial charge in [0.05, 0.1) is 6.54 Å². The molecule has 0 saturated carbocycles. The molecule has 0 aliphatic rings. The zero-order chi connectivity index (χ0) is 12.2. The summed E-state index contributed by atoms with van der Waals surface area (Å²) >= 11 is 0. The molecule has 1 aromatic carbocycles. The van der Waals surface area contributed by atoms with Crippen LogP contribution in [0.3, 0.4) is 0 Å². The third-order valence-electron chi connectivity index (χ3n) is 1.80. The largest absolute Gasteiger partial charge is 0.349 e. The predicted molar refractivity (Wildman–Crippen MR) is 65.2 cm³/mol. The Kier molecular flexibility index (Phi) is 8.88. The molecule has 0 bridgehead atoms. The van der Waals surface area contributed by atoms with Crippen LogP contribution in [0.25, 0.3) is 0 Å². The highest BCUT2D eigenvalue weighted by molar-refractivity contribution is 5.78. The molecule has 1 rings (SSSR count). The minimum atomic E-state index is -0.0513. The van der Waals surface area contributed by atoms with Crippen molar-refractivity contribution < 1.29 is 9.59 Å². The molecule has 0 heterocycles. The van der Waals surface area contributed by atoms with Crippen LogP contribution < -0.4 is 5.32 Å². The van der Waals surface area contributed by atoms with E-state index in [1.807, 2.05) is 25.1 Å². The second-order valence-electron chi connectivity index (χ2n) is 3.38. The average Bonchev–Trinajstić information content (AvgIpc) is 2.29. The van der Waals surface area contributed by atoms with E-state index in [4.69, 9.17) is 0 Å². The molecule has 0 radical (unpaired) electrons. The van der Waals surface area contributed by atoms with Crippen LogP contribution in [-0.4, -0.2) is 18.7 Å². The standard InChI is InChI=1S/C7H8.C6H11NO2/c1-7-5-3-2-4-6-7;1-2-3-6(9)7-4-5-8/h2-6H,1H3;5H,2-4H2,1H3,(H,7,9). The van der Waals surface area contributed by atoms with Crippen molar-refractivity contribution in [3.63, 3.8) is 0 Å². The molecule has 1 N–H and O–H groups in total. The van der Waals surface area contributed by atoms with Gasteiger partial charge in [-0.1, -0.05) is 42.8 Å². The van der Waals surface area contributed by atoms with Gasteiger partial charge in [0, 0.05) is 6.42 Å². The fraction of sp³-hybridized carbons (Fsp3) is 0.385. The van der Waals surface area contributed by atoms with E-state index in [9.17, 15) is 9.59 Å². The Balaban J connectivity index is 0.000000288. The molecule has 0 aliphatic carbocycles. The van der Waals surface area contributed by atoms with E-state index in [1.165, 1.54) is 5.56 Å². The molecule has 88 valence electrons. The first-order valence-corrected chi connectivity index (χ1v) is 5.42. The van der Waals surface area contributed by atoms with Gasteiger partial charge in [0.2, 0.25) is 5.91 Å². The maximum Gasteiger partial charge on any atom is 0.220 e. The van der Waals surface area contributed by atoms with Gasteiger partial charge in [-0.05, 0) is 13.3 Å². The average molecular weight is 221 g/mol. The lowest BCUT2D eigenvalue weighted by molar-refractivity contribution is -0.122. The molecule has 16 heavy (non-hydrogen) atoms. The molecule has 3 heteroatoms. The molecular formula is C13H19NO2. The Bertz CT molecular complexity index is 296. The maximum absolute atomic E-state index is 10.5. The fourth-order valence-corrected chi connectivity index (χ4v) is 1.01. The summed E-state index contributed by atoms with van der Waals surface area (Å²) in [6.07, 6.45) is 2.01. The lowest BCUT2D eigenvalue weighted by Gasteiger charge is -1.95. The third kappa shape index (κ3) is 8.94. The summed E-state index contributed by atoms with van der Waals surface area (Å²) in [6.45, 7) is 4.14. The first-order valence-electron chi connectivity index (χ1n) is 5.42. The van der Waals surface area contributed by atoms with Crippen LogP contribution in [0.2, 0.25) is 0 Å². The van der Waals surface area contributed by atoms with Crippen molar-refractivity contribution in [1.29, 1.82) is 0 Å². The van der Waals surface area contributed by atoms with E-state index in [0.717, 1.165) is 6.42 Å². The van der Waals surface area contributed by atoms with Crippen LogP contribution in [0.5, 0.6) is 0 Å². The first-order chi connectivity index (χ1) is 7.70. The Morgan fingerprint density at radius 1 is 1.31 bits per heavy atom. The third-order valence-corrected chi connectivity index (χ3v) is 1.80. The normalized spacial score (nSPS) is 8.62. The number of carbonyl (C=O) groups is 2. The first kappa shape index (κ1) is 14.4. The Hall–Kier alpha value is -1.64. The van der Waals surface area contributed by atoms with Crippen LogP contribution in [0.1, 0.15) is 25.3 Å². The second kappa shape index (κ2) is 9.90. The molecule has 0 aromatic heterocycles. The summed E-state index contributed by atoms with van der Waals surface area (Å²) in [6, 6.07) is 10.3. The quantitative estimate of drug-likeness (QED) is 0.791. The number of benzene rings is 1. The number of nitrogens with one attached hydrogen (secondary N) is 1. The predicted octanol–water partition coefficient (Wildman–Crippen LogP) is 2.10. The van der Waals surface area contributed by atoms with Crippen molar-refractivity contribution in [3.8, 4) is 0 Å². The highest BCUT2D eigenvalue weighted by atomic mass is 16.2. The minimum Gasteiger partial charge on any atom is -0.349 e. The van der Waals surface area contributed by atoms with Crippen LogP contribution in [0, 0.1) is 6.92 Å². The number of hydrogen-bond donors (Lipinski definition) is 1. The number of aryl methyl sites for hydroxylation is 1. The molecule has 1 aromatic rings. The Morgan fingerprint density at radius 3 is 2.31 bits per heavy atom. The van der Waals surface area contributed by atoms with E-state index >= 15 is 0 Å². The SMILES string of the molecule is CCCC(=O)NCC=O.Cc1ccccc1. The second-order valence-corrected chi connectivity index (χ2v) is 3.38. The highest BCUT2D eigenvalue weighted by Gasteiger charge is 1.94. The highest BCUT2D eigenvalue weighted by Crippen LogP contribution is 1.92. The Morgan fingerprint density at radius 2 is 1.94 bits per heavy atom. The summed E-state index contributed by atoms with van der Waals surface area (Å²) in [7, 11) is 0. The molecule has 0 fully saturated rings. The van der Waals surface area contributed by atoms with Crippen molar-refractivity contribution in [2.24, 2.45) is 0 Å². The number of carbonyl (C=O) groups excluding carboxylic acids is 2. The topological polar surface area (TPSA) is 46.2 Å². The van der Waals surface area contributed by atoms with Gasteiger partial charge in [0.15, 0.2) is 0 Å². The molecule has 0 unspecified atom stereocenters. The molecule has 0 spiro atoms. The van der Waals surface area contributed by atoms with E-state index in [1.54, 1.807) is 0 Å². The Labute approximate surface area is 96.9 Å². The van der Waals surface area contributed by atoms with Gasteiger partial charge in [-0.2, -0.15) is 0 Å². The summed E-state index contributed by atoms with van der Waals surface area (Å²) < 4.78 is 0. The van der Waals surface area contributed by atoms with Crippen molar-refractivity contribution in [2.75, 3.05) is 6.54 Å². The van der Waals surface area contributed by atoms with E-state index < -0.39 is 0 Å². The lowest BCUT2D eigenvalue weighted by Crippen LogP contribution is -2.24. The molecule has 1 amide bonds. The monoisotopic (exact) mass is 221 g/mol. The van der Waals surface area contributed by atoms with Crippen molar-refractivity contribution >= 4 is 12.2 Å². The van der Waals surface area contributed by atoms with Gasteiger partial charge in [-0.15, -0.1) is 0 Å². The smallest absolute Gasteiger partial charge is 0.220 e. The van der Waals surface area contributed by atoms with Gasteiger partial charge >= 0.3 is 0 Å². The molecular weight excluding hydrogens is 202 g/mol. The van der Waals surface area contributed by atoms with Crippen molar-refractivity contribution in [3.05, 3.63) is 35.9 Å². The van der Waals surface area contributed by atoms with Gasteiger partial charge in [-0.3, -0.25) is 4.79 Å². The fourth-order valence-electron chi connectivity index (χ4n) is 1.01. The zero-order valence-electron chi connectivity index (χ0n) is 9.90. The number of hydrogen-bond acceptors (Lipinski definition) is 2. The zero-order valence-corrected chi connectivity index (χ0v) is 9.90. The number of aldehydes is 1. The van der Waals surface area contributed by atoms with Gasteiger partial charge in [0.1, 0.15) is 6.29 Å². The molecule has 3 nitrogen and oxygen atoms in total. The van der Waals surface area contributed by atoms with Crippen LogP contribution in [0.4, 0.5) is 0 Å². The van der Waals surface area contributed by atoms with Gasteiger partial charge in [0.25, 0.3) is 0 Å². The van der Waals surface area contributed by atoms with E-state index in [2.05, 4.69) is 24.4 Å². The summed E-state index contributed by atoms with van der Waals surface area (Å²) in [5.74, 6) is -0.0513. The van der Waals surface area contributed by atoms with E-state index in [0.29, 0.717) is 12.7 Å². The van der Waals surface area contributed by atoms with E-state index in [-0.39, 0.29) is 12.5 Å². The number of amides is 1. The molecule has 0 atom stereocenters. The van der Waals surface area contributed by atoms with Crippen LogP contribution >= 0.6 is 0 Å². The van der Waals surface area contributed by atoms with Crippen molar-refractivity contribution in [1.82, 2.24) is 5.32 Å². The number of rotatable bonds is 4. The van der Waals surface area contributed by atoms with Gasteiger partial charge < -0.3 is 10.1 Å². The van der Waals surface area contributed by atoms with Crippen LogP contribution in [-0.2, 0) is 9.59 Å². The summed E-state index contributed by atoms with van der Waals surface area (Å²) in [4.78, 5) is 20.2. The minimum absolute atomic E-state index is 0.0513.